The van der Waals surface area contributed by atoms with Gasteiger partial charge in [0.25, 0.3) is 0 Å². The first-order valence-corrected chi connectivity index (χ1v) is 10.5. The summed E-state index contributed by atoms with van der Waals surface area (Å²) in [7, 11) is -2.03. The molecule has 0 bridgehead atoms. The van der Waals surface area contributed by atoms with E-state index in [2.05, 4.69) is 20.8 Å². The highest BCUT2D eigenvalue weighted by atomic mass is 32.2. The molecule has 4 rings (SSSR count). The predicted molar refractivity (Wildman–Crippen MR) is 102 cm³/mol. The van der Waals surface area contributed by atoms with Gasteiger partial charge in [0.2, 0.25) is 0 Å². The van der Waals surface area contributed by atoms with Crippen LogP contribution in [-0.4, -0.2) is 16.6 Å². The molecule has 5 nitrogen and oxygen atoms in total. The highest BCUT2D eigenvalue weighted by Gasteiger charge is 2.31. The minimum absolute atomic E-state index is 0.00502. The first-order valence-electron chi connectivity index (χ1n) is 9.32. The van der Waals surface area contributed by atoms with Gasteiger partial charge < -0.3 is 10.1 Å². The lowest BCUT2D eigenvalue weighted by Crippen LogP contribution is -2.31. The fourth-order valence-electron chi connectivity index (χ4n) is 4.04. The number of carbonyl (C=O) groups is 1. The maximum atomic E-state index is 12.5. The Morgan fingerprint density at radius 1 is 1.00 bits per heavy atom. The number of nitrogens with one attached hydrogen (secondary N) is 2. The highest BCUT2D eigenvalue weighted by molar-refractivity contribution is 7.83. The van der Waals surface area contributed by atoms with Gasteiger partial charge in [-0.25, -0.2) is 9.00 Å². The van der Waals surface area contributed by atoms with Crippen molar-refractivity contribution in [1.82, 2.24) is 4.72 Å². The smallest absolute Gasteiger partial charge is 0.406 e. The third kappa shape index (κ3) is 4.39. The summed E-state index contributed by atoms with van der Waals surface area (Å²) >= 11 is 0. The van der Waals surface area contributed by atoms with Gasteiger partial charge in [-0.15, -0.1) is 13.2 Å². The number of alkyl halides is 3. The summed E-state index contributed by atoms with van der Waals surface area (Å²) < 4.78 is 55.7. The van der Waals surface area contributed by atoms with E-state index in [1.807, 2.05) is 0 Å². The summed E-state index contributed by atoms with van der Waals surface area (Å²) in [6.45, 7) is 0. The molecule has 2 amide bonds. The largest absolute Gasteiger partial charge is 0.573 e. The molecule has 0 aromatic heterocycles. The number of anilines is 1. The van der Waals surface area contributed by atoms with E-state index in [0.29, 0.717) is 0 Å². The number of amides is 2. The monoisotopic (exact) mass is 424 g/mol. The Morgan fingerprint density at radius 3 is 2.28 bits per heavy atom. The van der Waals surface area contributed by atoms with E-state index in [9.17, 15) is 22.2 Å². The molecule has 2 aromatic carbocycles. The molecule has 2 aromatic rings. The van der Waals surface area contributed by atoms with Crippen molar-refractivity contribution in [1.29, 1.82) is 0 Å². The summed E-state index contributed by atoms with van der Waals surface area (Å²) in [6, 6.07) is 6.31. The zero-order chi connectivity index (χ0) is 20.6. The van der Waals surface area contributed by atoms with Crippen molar-refractivity contribution in [2.75, 3.05) is 5.32 Å². The van der Waals surface area contributed by atoms with Crippen LogP contribution in [0.15, 0.2) is 35.2 Å². The summed E-state index contributed by atoms with van der Waals surface area (Å²) in [6.07, 6.45) is 0.960. The van der Waals surface area contributed by atoms with Crippen molar-refractivity contribution < 1.29 is 26.9 Å². The molecule has 0 radical (unpaired) electrons. The first kappa shape index (κ1) is 19.8. The molecule has 0 fully saturated rings. The van der Waals surface area contributed by atoms with E-state index in [1.165, 1.54) is 23.3 Å². The van der Waals surface area contributed by atoms with Gasteiger partial charge in [-0.1, -0.05) is 12.1 Å². The number of aryl methyl sites for hydroxylation is 2. The molecule has 2 N–H and O–H groups in total. The standard InChI is InChI=1S/C20H19F3N2O3S/c21-20(22,23)28-14-6-3-7-15(11-14)29(27)25-19(26)24-18-16-8-1-4-12(16)10-13-5-2-9-17(13)18/h3,6-7,10-11H,1-2,4-5,8-9H2,(H2,24,25,26). The summed E-state index contributed by atoms with van der Waals surface area (Å²) in [5, 5.41) is 2.84. The molecular formula is C20H19F3N2O3S. The summed E-state index contributed by atoms with van der Waals surface area (Å²) in [5.41, 5.74) is 5.56. The highest BCUT2D eigenvalue weighted by Crippen LogP contribution is 2.38. The van der Waals surface area contributed by atoms with Gasteiger partial charge in [0.05, 0.1) is 4.90 Å². The number of halogens is 3. The number of rotatable bonds is 4. The van der Waals surface area contributed by atoms with Crippen molar-refractivity contribution >= 4 is 22.7 Å². The number of benzene rings is 2. The van der Waals surface area contributed by atoms with Crippen LogP contribution in [0.3, 0.4) is 0 Å². The molecule has 1 atom stereocenters. The van der Waals surface area contributed by atoms with Gasteiger partial charge in [0.1, 0.15) is 5.75 Å². The number of carbonyl (C=O) groups excluding carboxylic acids is 1. The van der Waals surface area contributed by atoms with Crippen molar-refractivity contribution in [2.24, 2.45) is 0 Å². The van der Waals surface area contributed by atoms with Gasteiger partial charge in [0.15, 0.2) is 11.0 Å². The van der Waals surface area contributed by atoms with E-state index in [1.54, 1.807) is 0 Å². The van der Waals surface area contributed by atoms with Crippen LogP contribution in [0.25, 0.3) is 0 Å². The SMILES string of the molecule is O=C(Nc1c2c(cc3c1CCC3)CCC2)NS(=O)c1cccc(OC(F)(F)F)c1. The fourth-order valence-corrected chi connectivity index (χ4v) is 4.80. The van der Waals surface area contributed by atoms with Crippen LogP contribution in [-0.2, 0) is 36.7 Å². The Labute approximate surface area is 168 Å². The predicted octanol–water partition coefficient (Wildman–Crippen LogP) is 4.41. The fraction of sp³-hybridized carbons (Fsp3) is 0.350. The van der Waals surface area contributed by atoms with Crippen molar-refractivity contribution in [2.45, 2.75) is 49.8 Å². The third-order valence-electron chi connectivity index (χ3n) is 5.15. The summed E-state index contributed by atoms with van der Waals surface area (Å²) in [4.78, 5) is 12.5. The first-order chi connectivity index (χ1) is 13.8. The van der Waals surface area contributed by atoms with Crippen LogP contribution in [0, 0.1) is 0 Å². The molecule has 9 heteroatoms. The lowest BCUT2D eigenvalue weighted by atomic mass is 9.99. The normalized spacial score (nSPS) is 16.1. The van der Waals surface area contributed by atoms with Crippen LogP contribution in [0.5, 0.6) is 5.75 Å². The molecule has 29 heavy (non-hydrogen) atoms. The van der Waals surface area contributed by atoms with Crippen LogP contribution < -0.4 is 14.8 Å². The Kier molecular flexibility index (Phi) is 5.24. The van der Waals surface area contributed by atoms with Crippen LogP contribution in [0.1, 0.15) is 35.1 Å². The average Bonchev–Trinajstić information content (AvgIpc) is 3.29. The maximum Gasteiger partial charge on any atom is 0.573 e. The quantitative estimate of drug-likeness (QED) is 0.764. The minimum Gasteiger partial charge on any atom is -0.406 e. The Balaban J connectivity index is 1.49. The van der Waals surface area contributed by atoms with Crippen molar-refractivity contribution in [3.63, 3.8) is 0 Å². The topological polar surface area (TPSA) is 67.4 Å². The molecule has 2 aliphatic rings. The van der Waals surface area contributed by atoms with Gasteiger partial charge in [-0.3, -0.25) is 4.72 Å². The van der Waals surface area contributed by atoms with E-state index in [-0.39, 0.29) is 4.90 Å². The number of hydrogen-bond donors (Lipinski definition) is 2. The second-order valence-electron chi connectivity index (χ2n) is 7.08. The molecule has 0 spiro atoms. The zero-order valence-electron chi connectivity index (χ0n) is 15.4. The summed E-state index contributed by atoms with van der Waals surface area (Å²) in [5.74, 6) is -0.496. The van der Waals surface area contributed by atoms with Gasteiger partial charge in [-0.05, 0) is 79.0 Å². The maximum absolute atomic E-state index is 12.5. The van der Waals surface area contributed by atoms with E-state index >= 15 is 0 Å². The van der Waals surface area contributed by atoms with E-state index in [4.69, 9.17) is 0 Å². The van der Waals surface area contributed by atoms with E-state index < -0.39 is 29.1 Å². The van der Waals surface area contributed by atoms with Gasteiger partial charge >= 0.3 is 12.4 Å². The lowest BCUT2D eigenvalue weighted by molar-refractivity contribution is -0.274. The molecule has 0 saturated carbocycles. The average molecular weight is 424 g/mol. The molecular weight excluding hydrogens is 405 g/mol. The number of urea groups is 1. The molecule has 154 valence electrons. The van der Waals surface area contributed by atoms with Gasteiger partial charge in [-0.2, -0.15) is 0 Å². The Morgan fingerprint density at radius 2 is 1.66 bits per heavy atom. The van der Waals surface area contributed by atoms with Crippen LogP contribution in [0.4, 0.5) is 23.7 Å². The minimum atomic E-state index is -4.85. The van der Waals surface area contributed by atoms with Crippen LogP contribution in [0.2, 0.25) is 0 Å². The number of fused-ring (bicyclic) bond motifs is 2. The molecule has 0 saturated heterocycles. The molecule has 0 aliphatic heterocycles. The lowest BCUT2D eigenvalue weighted by Gasteiger charge is -2.16. The Bertz CT molecular complexity index is 959. The molecule has 0 heterocycles. The molecule has 1 unspecified atom stereocenters. The van der Waals surface area contributed by atoms with Gasteiger partial charge in [0, 0.05) is 5.69 Å². The number of ether oxygens (including phenoxy) is 1. The number of hydrogen-bond acceptors (Lipinski definition) is 3. The van der Waals surface area contributed by atoms with Crippen molar-refractivity contribution in [3.8, 4) is 5.75 Å². The van der Waals surface area contributed by atoms with E-state index in [0.717, 1.165) is 67.5 Å². The van der Waals surface area contributed by atoms with Crippen molar-refractivity contribution in [3.05, 3.63) is 52.6 Å². The molecule has 2 aliphatic carbocycles. The second kappa shape index (κ2) is 7.70. The third-order valence-corrected chi connectivity index (χ3v) is 6.20. The zero-order valence-corrected chi connectivity index (χ0v) is 16.2. The second-order valence-corrected chi connectivity index (χ2v) is 8.29. The van der Waals surface area contributed by atoms with Crippen LogP contribution >= 0.6 is 0 Å². The Hall–Kier alpha value is -2.55.